The molecule has 6 heteroatoms. The van der Waals surface area contributed by atoms with Crippen LogP contribution in [0.15, 0.2) is 11.4 Å². The lowest BCUT2D eigenvalue weighted by Gasteiger charge is -1.90. The molecule has 0 unspecified atom stereocenters. The van der Waals surface area contributed by atoms with Gasteiger partial charge in [0.25, 0.3) is 0 Å². The van der Waals surface area contributed by atoms with Crippen LogP contribution < -0.4 is 0 Å². The number of halogens is 2. The molecule has 1 rings (SSSR count). The maximum Gasteiger partial charge on any atom is 0.302 e. The Morgan fingerprint density at radius 1 is 1.58 bits per heavy atom. The van der Waals surface area contributed by atoms with E-state index in [9.17, 15) is 12.3 Å². The van der Waals surface area contributed by atoms with Gasteiger partial charge in [-0.15, -0.1) is 15.2 Å². The predicted molar refractivity (Wildman–Crippen MR) is 47.9 cm³/mol. The van der Waals surface area contributed by atoms with E-state index in [1.807, 2.05) is 0 Å². The van der Waals surface area contributed by atoms with Gasteiger partial charge < -0.3 is 0 Å². The smallest absolute Gasteiger partial charge is 0.195 e. The molecule has 0 N–H and O–H groups in total. The Labute approximate surface area is 79.2 Å². The van der Waals surface area contributed by atoms with Crippen molar-refractivity contribution >= 4 is 33.2 Å². The second kappa shape index (κ2) is 3.72. The first kappa shape index (κ1) is 9.95. The van der Waals surface area contributed by atoms with Crippen molar-refractivity contribution in [1.29, 1.82) is 0 Å². The molecule has 0 atom stereocenters. The monoisotopic (exact) mass is 228 g/mol. The number of aryl methyl sites for hydroxylation is 1. The van der Waals surface area contributed by atoms with Gasteiger partial charge in [0, 0.05) is 10.3 Å². The van der Waals surface area contributed by atoms with E-state index in [1.165, 1.54) is 11.3 Å². The van der Waals surface area contributed by atoms with Crippen molar-refractivity contribution in [3.05, 3.63) is 21.3 Å². The van der Waals surface area contributed by atoms with Gasteiger partial charge in [-0.1, -0.05) is 11.6 Å². The van der Waals surface area contributed by atoms with Crippen LogP contribution >= 0.6 is 22.9 Å². The van der Waals surface area contributed by atoms with Crippen LogP contribution in [0.3, 0.4) is 0 Å². The first-order chi connectivity index (χ1) is 5.47. The van der Waals surface area contributed by atoms with Gasteiger partial charge in [-0.2, -0.15) is 8.42 Å². The Bertz CT molecular complexity index is 357. The van der Waals surface area contributed by atoms with Crippen molar-refractivity contribution in [3.8, 4) is 0 Å². The summed E-state index contributed by atoms with van der Waals surface area (Å²) in [5, 5.41) is 2.24. The molecule has 0 amide bonds. The molecule has 0 spiro atoms. The third-order valence-corrected chi connectivity index (χ3v) is 3.25. The van der Waals surface area contributed by atoms with E-state index >= 15 is 0 Å². The SMILES string of the molecule is O=S(=O)(F)CCc1cc(Cl)cs1. The van der Waals surface area contributed by atoms with E-state index in [4.69, 9.17) is 11.6 Å². The van der Waals surface area contributed by atoms with Crippen LogP contribution in [0.4, 0.5) is 3.89 Å². The molecular weight excluding hydrogens is 223 g/mol. The zero-order valence-corrected chi connectivity index (χ0v) is 8.35. The van der Waals surface area contributed by atoms with Crippen LogP contribution in [-0.4, -0.2) is 14.2 Å². The van der Waals surface area contributed by atoms with Gasteiger partial charge >= 0.3 is 10.2 Å². The standard InChI is InChI=1S/C6H6ClFO2S2/c7-5-3-6(11-4-5)1-2-12(8,9)10/h3-4H,1-2H2. The van der Waals surface area contributed by atoms with Crippen molar-refractivity contribution in [1.82, 2.24) is 0 Å². The van der Waals surface area contributed by atoms with Crippen molar-refractivity contribution in [2.45, 2.75) is 6.42 Å². The van der Waals surface area contributed by atoms with Crippen LogP contribution in [0.1, 0.15) is 4.88 Å². The summed E-state index contributed by atoms with van der Waals surface area (Å²) in [7, 11) is -4.35. The second-order valence-electron chi connectivity index (χ2n) is 2.22. The summed E-state index contributed by atoms with van der Waals surface area (Å²) in [5.74, 6) is -0.468. The minimum atomic E-state index is -4.35. The highest BCUT2D eigenvalue weighted by molar-refractivity contribution is 7.86. The molecule has 2 nitrogen and oxygen atoms in total. The minimum absolute atomic E-state index is 0.191. The Morgan fingerprint density at radius 2 is 2.25 bits per heavy atom. The summed E-state index contributed by atoms with van der Waals surface area (Å²) in [6.07, 6.45) is 0.191. The molecule has 68 valence electrons. The fourth-order valence-corrected chi connectivity index (χ4v) is 2.38. The van der Waals surface area contributed by atoms with Crippen LogP contribution in [0.25, 0.3) is 0 Å². The topological polar surface area (TPSA) is 34.1 Å². The zero-order chi connectivity index (χ0) is 9.19. The molecular formula is C6H6ClFO2S2. The molecule has 0 aliphatic rings. The molecule has 0 aromatic carbocycles. The molecule has 1 aromatic heterocycles. The summed E-state index contributed by atoms with van der Waals surface area (Å²) in [5.41, 5.74) is 0. The van der Waals surface area contributed by atoms with E-state index in [2.05, 4.69) is 0 Å². The molecule has 0 fully saturated rings. The van der Waals surface area contributed by atoms with Gasteiger partial charge in [0.15, 0.2) is 0 Å². The lowest BCUT2D eigenvalue weighted by Crippen LogP contribution is -2.00. The van der Waals surface area contributed by atoms with Gasteiger partial charge in [0.2, 0.25) is 0 Å². The number of rotatable bonds is 3. The first-order valence-electron chi connectivity index (χ1n) is 3.12. The third-order valence-electron chi connectivity index (χ3n) is 1.21. The molecule has 0 aliphatic heterocycles. The molecule has 1 heterocycles. The fourth-order valence-electron chi connectivity index (χ4n) is 0.707. The lowest BCUT2D eigenvalue weighted by molar-refractivity contribution is 0.551. The van der Waals surface area contributed by atoms with E-state index in [1.54, 1.807) is 11.4 Å². The molecule has 12 heavy (non-hydrogen) atoms. The highest BCUT2D eigenvalue weighted by Gasteiger charge is 2.08. The quantitative estimate of drug-likeness (QED) is 0.744. The Balaban J connectivity index is 2.55. The molecule has 0 aliphatic carbocycles. The predicted octanol–water partition coefficient (Wildman–Crippen LogP) is 2.24. The minimum Gasteiger partial charge on any atom is -0.195 e. The summed E-state index contributed by atoms with van der Waals surface area (Å²) < 4.78 is 32.3. The van der Waals surface area contributed by atoms with Crippen molar-refractivity contribution < 1.29 is 12.3 Å². The van der Waals surface area contributed by atoms with Gasteiger partial charge in [0.05, 0.1) is 10.8 Å². The maximum atomic E-state index is 12.0. The Morgan fingerprint density at radius 3 is 2.67 bits per heavy atom. The van der Waals surface area contributed by atoms with E-state index in [-0.39, 0.29) is 6.42 Å². The van der Waals surface area contributed by atoms with E-state index < -0.39 is 16.0 Å². The Kier molecular flexibility index (Phi) is 3.09. The third kappa shape index (κ3) is 3.51. The zero-order valence-electron chi connectivity index (χ0n) is 5.96. The Hall–Kier alpha value is -0.130. The van der Waals surface area contributed by atoms with E-state index in [0.29, 0.717) is 5.02 Å². The molecule has 0 radical (unpaired) electrons. The summed E-state index contributed by atoms with van der Waals surface area (Å²) in [6.45, 7) is 0. The fraction of sp³-hybridized carbons (Fsp3) is 0.333. The molecule has 0 saturated heterocycles. The number of hydrogen-bond acceptors (Lipinski definition) is 3. The van der Waals surface area contributed by atoms with Crippen LogP contribution in [0.5, 0.6) is 0 Å². The van der Waals surface area contributed by atoms with Crippen LogP contribution in [-0.2, 0) is 16.6 Å². The van der Waals surface area contributed by atoms with Crippen molar-refractivity contribution in [2.75, 3.05) is 5.75 Å². The largest absolute Gasteiger partial charge is 0.302 e. The summed E-state index contributed by atoms with van der Waals surface area (Å²) in [6, 6.07) is 1.64. The van der Waals surface area contributed by atoms with Crippen molar-refractivity contribution in [2.24, 2.45) is 0 Å². The average Bonchev–Trinajstić information content (AvgIpc) is 2.30. The highest BCUT2D eigenvalue weighted by atomic mass is 35.5. The molecule has 0 bridgehead atoms. The van der Waals surface area contributed by atoms with Gasteiger partial charge in [-0.05, 0) is 12.5 Å². The summed E-state index contributed by atoms with van der Waals surface area (Å²) in [4.78, 5) is 0.779. The lowest BCUT2D eigenvalue weighted by atomic mass is 10.4. The molecule has 1 aromatic rings. The molecule has 0 saturated carbocycles. The first-order valence-corrected chi connectivity index (χ1v) is 5.93. The normalized spacial score (nSPS) is 11.8. The maximum absolute atomic E-state index is 12.0. The van der Waals surface area contributed by atoms with E-state index in [0.717, 1.165) is 4.88 Å². The van der Waals surface area contributed by atoms with Gasteiger partial charge in [0.1, 0.15) is 0 Å². The van der Waals surface area contributed by atoms with Gasteiger partial charge in [-0.25, -0.2) is 0 Å². The van der Waals surface area contributed by atoms with Crippen molar-refractivity contribution in [3.63, 3.8) is 0 Å². The second-order valence-corrected chi connectivity index (χ2v) is 5.14. The van der Waals surface area contributed by atoms with Crippen LogP contribution in [0.2, 0.25) is 5.02 Å². The summed E-state index contributed by atoms with van der Waals surface area (Å²) >= 11 is 6.90. The average molecular weight is 229 g/mol. The van der Waals surface area contributed by atoms with Crippen LogP contribution in [0, 0.1) is 0 Å². The number of thiophene rings is 1. The van der Waals surface area contributed by atoms with Gasteiger partial charge in [-0.3, -0.25) is 0 Å². The highest BCUT2D eigenvalue weighted by Crippen LogP contribution is 2.19. The number of hydrogen-bond donors (Lipinski definition) is 0.